The smallest absolute Gasteiger partial charge is 0.320 e. The van der Waals surface area contributed by atoms with Crippen molar-refractivity contribution in [1.82, 2.24) is 10.2 Å². The van der Waals surface area contributed by atoms with E-state index >= 15 is 0 Å². The summed E-state index contributed by atoms with van der Waals surface area (Å²) < 4.78 is 0. The molecule has 0 aromatic carbocycles. The Morgan fingerprint density at radius 2 is 1.61 bits per heavy atom. The number of hydrogen-bond donors (Lipinski definition) is 2. The predicted molar refractivity (Wildman–Crippen MR) is 88.1 cm³/mol. The number of carboxylic acids is 1. The standard InChI is InChI=1S/C18H30N2O3/c21-17(19-14-8-3-1-2-4-9-14)12-20-15-10-6-5-7-13(15)11-16(20)18(22)23/h13-16H,1-12H2,(H,19,21)(H,22,23). The van der Waals surface area contributed by atoms with Crippen LogP contribution in [0.2, 0.25) is 0 Å². The van der Waals surface area contributed by atoms with Crippen molar-refractivity contribution in [3.8, 4) is 0 Å². The summed E-state index contributed by atoms with van der Waals surface area (Å²) in [5.74, 6) is -0.272. The maximum Gasteiger partial charge on any atom is 0.320 e. The van der Waals surface area contributed by atoms with Crippen LogP contribution in [0.1, 0.15) is 70.6 Å². The third-order valence-corrected chi connectivity index (χ3v) is 6.05. The molecule has 0 bridgehead atoms. The Morgan fingerprint density at radius 1 is 0.957 bits per heavy atom. The predicted octanol–water partition coefficient (Wildman–Crippen LogP) is 2.54. The number of carbonyl (C=O) groups excluding carboxylic acids is 1. The van der Waals surface area contributed by atoms with E-state index in [1.54, 1.807) is 0 Å². The van der Waals surface area contributed by atoms with Gasteiger partial charge in [0, 0.05) is 12.1 Å². The number of carbonyl (C=O) groups is 2. The van der Waals surface area contributed by atoms with E-state index < -0.39 is 12.0 Å². The van der Waals surface area contributed by atoms with Crippen LogP contribution in [0.15, 0.2) is 0 Å². The first-order valence-corrected chi connectivity index (χ1v) is 9.43. The van der Waals surface area contributed by atoms with Gasteiger partial charge in [0.2, 0.25) is 5.91 Å². The SMILES string of the molecule is O=C(CN1C(C(=O)O)CC2CCCCC21)NC1CCCCCC1. The second kappa shape index (κ2) is 7.65. The summed E-state index contributed by atoms with van der Waals surface area (Å²) >= 11 is 0. The fourth-order valence-corrected chi connectivity index (χ4v) is 4.89. The number of hydrogen-bond acceptors (Lipinski definition) is 3. The molecule has 2 saturated carbocycles. The lowest BCUT2D eigenvalue weighted by Gasteiger charge is -2.32. The van der Waals surface area contributed by atoms with Gasteiger partial charge in [-0.1, -0.05) is 38.5 Å². The van der Waals surface area contributed by atoms with Gasteiger partial charge >= 0.3 is 5.97 Å². The summed E-state index contributed by atoms with van der Waals surface area (Å²) in [7, 11) is 0. The Labute approximate surface area is 138 Å². The van der Waals surface area contributed by atoms with Crippen LogP contribution in [0.5, 0.6) is 0 Å². The number of likely N-dealkylation sites (tertiary alicyclic amines) is 1. The molecule has 5 nitrogen and oxygen atoms in total. The first kappa shape index (κ1) is 16.7. The Kier molecular flexibility index (Phi) is 5.57. The second-order valence-electron chi connectivity index (χ2n) is 7.63. The summed E-state index contributed by atoms with van der Waals surface area (Å²) in [6.45, 7) is 0.259. The number of carboxylic acid groups (broad SMARTS) is 1. The van der Waals surface area contributed by atoms with Crippen molar-refractivity contribution in [3.63, 3.8) is 0 Å². The van der Waals surface area contributed by atoms with Gasteiger partial charge in [-0.25, -0.2) is 0 Å². The van der Waals surface area contributed by atoms with Crippen LogP contribution >= 0.6 is 0 Å². The number of nitrogens with one attached hydrogen (secondary N) is 1. The van der Waals surface area contributed by atoms with Gasteiger partial charge in [-0.05, 0) is 38.0 Å². The molecule has 1 amide bonds. The summed E-state index contributed by atoms with van der Waals surface area (Å²) in [6, 6.07) is 0.116. The molecule has 0 aromatic rings. The van der Waals surface area contributed by atoms with Crippen molar-refractivity contribution in [2.24, 2.45) is 5.92 Å². The molecule has 0 aromatic heterocycles. The molecule has 2 aliphatic carbocycles. The Hall–Kier alpha value is -1.10. The zero-order valence-corrected chi connectivity index (χ0v) is 14.0. The molecule has 2 N–H and O–H groups in total. The molecule has 1 saturated heterocycles. The molecule has 130 valence electrons. The van der Waals surface area contributed by atoms with Gasteiger partial charge in [0.25, 0.3) is 0 Å². The molecule has 1 aliphatic heterocycles. The molecule has 3 rings (SSSR count). The average Bonchev–Trinajstić information content (AvgIpc) is 2.70. The summed E-state index contributed by atoms with van der Waals surface area (Å²) in [5.41, 5.74) is 0. The molecule has 5 heteroatoms. The molecule has 0 spiro atoms. The van der Waals surface area contributed by atoms with Crippen LogP contribution in [0.3, 0.4) is 0 Å². The highest BCUT2D eigenvalue weighted by molar-refractivity contribution is 5.80. The minimum absolute atomic E-state index is 0.0226. The summed E-state index contributed by atoms with van der Waals surface area (Å²) in [6.07, 6.45) is 12.3. The van der Waals surface area contributed by atoms with Crippen molar-refractivity contribution >= 4 is 11.9 Å². The van der Waals surface area contributed by atoms with Crippen molar-refractivity contribution in [2.75, 3.05) is 6.54 Å². The summed E-state index contributed by atoms with van der Waals surface area (Å²) in [5, 5.41) is 12.7. The van der Waals surface area contributed by atoms with E-state index in [0.29, 0.717) is 12.0 Å². The third kappa shape index (κ3) is 4.06. The van der Waals surface area contributed by atoms with Crippen LogP contribution in [0.25, 0.3) is 0 Å². The van der Waals surface area contributed by atoms with E-state index in [0.717, 1.165) is 38.5 Å². The number of nitrogens with zero attached hydrogens (tertiary/aromatic N) is 1. The topological polar surface area (TPSA) is 69.6 Å². The fourth-order valence-electron chi connectivity index (χ4n) is 4.89. The van der Waals surface area contributed by atoms with Crippen molar-refractivity contribution in [1.29, 1.82) is 0 Å². The number of aliphatic carboxylic acids is 1. The Balaban J connectivity index is 1.59. The molecule has 0 radical (unpaired) electrons. The monoisotopic (exact) mass is 322 g/mol. The fraction of sp³-hybridized carbons (Fsp3) is 0.889. The molecule has 3 atom stereocenters. The first-order chi connectivity index (χ1) is 11.1. The minimum Gasteiger partial charge on any atom is -0.480 e. The summed E-state index contributed by atoms with van der Waals surface area (Å²) in [4.78, 5) is 26.1. The zero-order valence-electron chi connectivity index (χ0n) is 14.0. The molecule has 3 aliphatic rings. The van der Waals surface area contributed by atoms with E-state index in [9.17, 15) is 14.7 Å². The molecule has 23 heavy (non-hydrogen) atoms. The van der Waals surface area contributed by atoms with Gasteiger partial charge in [0.05, 0.1) is 6.54 Å². The largest absolute Gasteiger partial charge is 0.480 e. The third-order valence-electron chi connectivity index (χ3n) is 6.05. The lowest BCUT2D eigenvalue weighted by molar-refractivity contribution is -0.143. The van der Waals surface area contributed by atoms with Crippen LogP contribution in [-0.2, 0) is 9.59 Å². The second-order valence-corrected chi connectivity index (χ2v) is 7.63. The van der Waals surface area contributed by atoms with Gasteiger partial charge in [-0.3, -0.25) is 14.5 Å². The first-order valence-electron chi connectivity index (χ1n) is 9.43. The maximum atomic E-state index is 12.5. The van der Waals surface area contributed by atoms with E-state index in [4.69, 9.17) is 0 Å². The van der Waals surface area contributed by atoms with E-state index in [2.05, 4.69) is 5.32 Å². The maximum absolute atomic E-state index is 12.5. The highest BCUT2D eigenvalue weighted by Gasteiger charge is 2.45. The Bertz CT molecular complexity index is 432. The van der Waals surface area contributed by atoms with Crippen molar-refractivity contribution < 1.29 is 14.7 Å². The lowest BCUT2D eigenvalue weighted by Crippen LogP contribution is -2.49. The quantitative estimate of drug-likeness (QED) is 0.781. The zero-order chi connectivity index (χ0) is 16.2. The van der Waals surface area contributed by atoms with Crippen molar-refractivity contribution in [2.45, 2.75) is 88.8 Å². The van der Waals surface area contributed by atoms with Crippen LogP contribution < -0.4 is 5.32 Å². The highest BCUT2D eigenvalue weighted by atomic mass is 16.4. The molecule has 3 fully saturated rings. The van der Waals surface area contributed by atoms with E-state index in [1.165, 1.54) is 32.1 Å². The number of rotatable bonds is 4. The lowest BCUT2D eigenvalue weighted by atomic mass is 9.85. The number of amides is 1. The molecular formula is C18H30N2O3. The molecular weight excluding hydrogens is 292 g/mol. The van der Waals surface area contributed by atoms with Gasteiger partial charge in [0.1, 0.15) is 6.04 Å². The molecule has 1 heterocycles. The highest BCUT2D eigenvalue weighted by Crippen LogP contribution is 2.39. The van der Waals surface area contributed by atoms with Crippen LogP contribution in [0, 0.1) is 5.92 Å². The van der Waals surface area contributed by atoms with Gasteiger partial charge in [0.15, 0.2) is 0 Å². The van der Waals surface area contributed by atoms with E-state index in [1.807, 2.05) is 4.90 Å². The van der Waals surface area contributed by atoms with Gasteiger partial charge in [-0.15, -0.1) is 0 Å². The normalized spacial score (nSPS) is 33.0. The van der Waals surface area contributed by atoms with Crippen LogP contribution in [-0.4, -0.2) is 46.6 Å². The van der Waals surface area contributed by atoms with Crippen LogP contribution in [0.4, 0.5) is 0 Å². The molecule has 3 unspecified atom stereocenters. The van der Waals surface area contributed by atoms with Crippen molar-refractivity contribution in [3.05, 3.63) is 0 Å². The van der Waals surface area contributed by atoms with E-state index in [-0.39, 0.29) is 18.5 Å². The minimum atomic E-state index is -0.762. The van der Waals surface area contributed by atoms with Gasteiger partial charge < -0.3 is 10.4 Å². The Morgan fingerprint density at radius 3 is 2.30 bits per heavy atom. The average molecular weight is 322 g/mol. The number of fused-ring (bicyclic) bond motifs is 1. The van der Waals surface area contributed by atoms with Gasteiger partial charge in [-0.2, -0.15) is 0 Å².